The van der Waals surface area contributed by atoms with Gasteiger partial charge >= 0.3 is 0 Å². The third-order valence-corrected chi connectivity index (χ3v) is 6.21. The van der Waals surface area contributed by atoms with Crippen LogP contribution in [-0.4, -0.2) is 38.9 Å². The van der Waals surface area contributed by atoms with E-state index in [0.717, 1.165) is 13.0 Å². The van der Waals surface area contributed by atoms with Crippen molar-refractivity contribution in [3.63, 3.8) is 0 Å². The summed E-state index contributed by atoms with van der Waals surface area (Å²) in [5.41, 5.74) is 4.91. The quantitative estimate of drug-likeness (QED) is 0.308. The Morgan fingerprint density at radius 1 is 0.731 bits per heavy atom. The molecule has 6 heteroatoms. The minimum absolute atomic E-state index is 0.0193. The SMILES string of the molecule is CCCCCCCCCCCCCCCCNCCS(=O)(=O)CC(N)=O. The first-order valence-electron chi connectivity index (χ1n) is 10.7. The number of carbonyl (C=O) groups is 1. The maximum atomic E-state index is 11.5. The van der Waals surface area contributed by atoms with Gasteiger partial charge in [0.05, 0.1) is 5.75 Å². The van der Waals surface area contributed by atoms with Crippen LogP contribution in [0.5, 0.6) is 0 Å². The van der Waals surface area contributed by atoms with Crippen LogP contribution in [0.4, 0.5) is 0 Å². The number of rotatable bonds is 20. The van der Waals surface area contributed by atoms with Gasteiger partial charge in [-0.2, -0.15) is 0 Å². The van der Waals surface area contributed by atoms with Crippen LogP contribution in [0.15, 0.2) is 0 Å². The van der Waals surface area contributed by atoms with E-state index < -0.39 is 21.5 Å². The number of hydrogen-bond donors (Lipinski definition) is 2. The summed E-state index contributed by atoms with van der Waals surface area (Å²) in [6, 6.07) is 0. The Balaban J connectivity index is 3.19. The van der Waals surface area contributed by atoms with Gasteiger partial charge in [-0.1, -0.05) is 90.4 Å². The van der Waals surface area contributed by atoms with Gasteiger partial charge in [0, 0.05) is 6.54 Å². The molecule has 0 heterocycles. The Bertz CT molecular complexity index is 425. The largest absolute Gasteiger partial charge is 0.369 e. The number of nitrogens with one attached hydrogen (secondary N) is 1. The maximum Gasteiger partial charge on any atom is 0.232 e. The molecule has 3 N–H and O–H groups in total. The molecule has 156 valence electrons. The molecule has 0 atom stereocenters. The van der Waals surface area contributed by atoms with Crippen molar-refractivity contribution in [2.24, 2.45) is 5.73 Å². The van der Waals surface area contributed by atoms with E-state index in [1.54, 1.807) is 0 Å². The molecule has 0 aliphatic carbocycles. The van der Waals surface area contributed by atoms with Gasteiger partial charge in [0.1, 0.15) is 5.75 Å². The van der Waals surface area contributed by atoms with Gasteiger partial charge in [0.15, 0.2) is 9.84 Å². The van der Waals surface area contributed by atoms with Crippen molar-refractivity contribution in [1.82, 2.24) is 5.32 Å². The van der Waals surface area contributed by atoms with Gasteiger partial charge in [0.2, 0.25) is 5.91 Å². The zero-order chi connectivity index (χ0) is 19.5. The second-order valence-corrected chi connectivity index (χ2v) is 9.59. The fraction of sp³-hybridized carbons (Fsp3) is 0.950. The number of amides is 1. The Hall–Kier alpha value is -0.620. The van der Waals surface area contributed by atoms with E-state index in [-0.39, 0.29) is 5.75 Å². The smallest absolute Gasteiger partial charge is 0.232 e. The van der Waals surface area contributed by atoms with Crippen molar-refractivity contribution >= 4 is 15.7 Å². The summed E-state index contributed by atoms with van der Waals surface area (Å²) in [7, 11) is -3.34. The number of nitrogens with two attached hydrogens (primary N) is 1. The predicted octanol–water partition coefficient (Wildman–Crippen LogP) is 3.96. The Morgan fingerprint density at radius 2 is 1.15 bits per heavy atom. The van der Waals surface area contributed by atoms with E-state index in [4.69, 9.17) is 5.73 Å². The van der Waals surface area contributed by atoms with Crippen molar-refractivity contribution in [1.29, 1.82) is 0 Å². The van der Waals surface area contributed by atoms with Crippen LogP contribution in [0.25, 0.3) is 0 Å². The predicted molar refractivity (Wildman–Crippen MR) is 111 cm³/mol. The molecular formula is C20H42N2O3S. The third kappa shape index (κ3) is 19.7. The lowest BCUT2D eigenvalue weighted by molar-refractivity contribution is -0.115. The summed E-state index contributed by atoms with van der Waals surface area (Å²) in [4.78, 5) is 10.6. The molecule has 0 fully saturated rings. The molecule has 0 aromatic carbocycles. The summed E-state index contributed by atoms with van der Waals surface area (Å²) in [5, 5.41) is 3.13. The Kier molecular flexibility index (Phi) is 17.4. The first-order chi connectivity index (χ1) is 12.5. The zero-order valence-electron chi connectivity index (χ0n) is 16.9. The first-order valence-corrected chi connectivity index (χ1v) is 12.5. The van der Waals surface area contributed by atoms with Crippen LogP contribution in [0.3, 0.4) is 0 Å². The van der Waals surface area contributed by atoms with Crippen molar-refractivity contribution < 1.29 is 13.2 Å². The van der Waals surface area contributed by atoms with Crippen LogP contribution < -0.4 is 11.1 Å². The van der Waals surface area contributed by atoms with Crippen molar-refractivity contribution in [2.75, 3.05) is 24.6 Å². The van der Waals surface area contributed by atoms with Crippen molar-refractivity contribution in [3.8, 4) is 0 Å². The summed E-state index contributed by atoms with van der Waals surface area (Å²) < 4.78 is 22.9. The molecule has 0 aromatic rings. The number of carbonyl (C=O) groups excluding carboxylic acids is 1. The summed E-state index contributed by atoms with van der Waals surface area (Å²) in [6.07, 6.45) is 18.7. The minimum Gasteiger partial charge on any atom is -0.369 e. The lowest BCUT2D eigenvalue weighted by Gasteiger charge is -2.05. The summed E-state index contributed by atoms with van der Waals surface area (Å²) >= 11 is 0. The third-order valence-electron chi connectivity index (χ3n) is 4.66. The van der Waals surface area contributed by atoms with Crippen LogP contribution in [0.2, 0.25) is 0 Å². The topological polar surface area (TPSA) is 89.3 Å². The van der Waals surface area contributed by atoms with E-state index in [9.17, 15) is 13.2 Å². The highest BCUT2D eigenvalue weighted by Gasteiger charge is 2.13. The van der Waals surface area contributed by atoms with E-state index in [0.29, 0.717) is 6.54 Å². The number of unbranched alkanes of at least 4 members (excludes halogenated alkanes) is 13. The fourth-order valence-electron chi connectivity index (χ4n) is 3.09. The van der Waals surface area contributed by atoms with Gasteiger partial charge < -0.3 is 11.1 Å². The molecule has 0 rings (SSSR count). The molecule has 0 saturated carbocycles. The highest BCUT2D eigenvalue weighted by Crippen LogP contribution is 2.12. The normalized spacial score (nSPS) is 11.7. The van der Waals surface area contributed by atoms with E-state index in [1.165, 1.54) is 83.5 Å². The highest BCUT2D eigenvalue weighted by molar-refractivity contribution is 7.92. The zero-order valence-corrected chi connectivity index (χ0v) is 17.8. The molecule has 0 radical (unpaired) electrons. The molecule has 0 bridgehead atoms. The van der Waals surface area contributed by atoms with E-state index in [2.05, 4.69) is 12.2 Å². The molecule has 0 unspecified atom stereocenters. The number of primary amides is 1. The Labute approximate surface area is 161 Å². The maximum absolute atomic E-state index is 11.5. The lowest BCUT2D eigenvalue weighted by Crippen LogP contribution is -2.30. The van der Waals surface area contributed by atoms with Gasteiger partial charge in [-0.3, -0.25) is 4.79 Å². The lowest BCUT2D eigenvalue weighted by atomic mass is 10.0. The molecule has 1 amide bonds. The average Bonchev–Trinajstić information content (AvgIpc) is 2.56. The molecule has 0 aromatic heterocycles. The highest BCUT2D eigenvalue weighted by atomic mass is 32.2. The Morgan fingerprint density at radius 3 is 1.58 bits per heavy atom. The number of hydrogen-bond acceptors (Lipinski definition) is 4. The molecule has 0 spiro atoms. The van der Waals surface area contributed by atoms with Crippen LogP contribution in [0, 0.1) is 0 Å². The van der Waals surface area contributed by atoms with Crippen molar-refractivity contribution in [3.05, 3.63) is 0 Å². The van der Waals surface area contributed by atoms with Crippen LogP contribution in [0.1, 0.15) is 96.8 Å². The first kappa shape index (κ1) is 25.4. The summed E-state index contributed by atoms with van der Waals surface area (Å²) in [6.45, 7) is 3.50. The van der Waals surface area contributed by atoms with Crippen LogP contribution in [-0.2, 0) is 14.6 Å². The molecule has 5 nitrogen and oxygen atoms in total. The van der Waals surface area contributed by atoms with Gasteiger partial charge in [-0.05, 0) is 13.0 Å². The van der Waals surface area contributed by atoms with E-state index >= 15 is 0 Å². The minimum atomic E-state index is -3.34. The average molecular weight is 391 g/mol. The molecule has 0 aliphatic rings. The molecule has 0 saturated heterocycles. The van der Waals surface area contributed by atoms with Gasteiger partial charge in [-0.25, -0.2) is 8.42 Å². The summed E-state index contributed by atoms with van der Waals surface area (Å²) in [5.74, 6) is -1.35. The fourth-order valence-corrected chi connectivity index (χ4v) is 4.12. The second-order valence-electron chi connectivity index (χ2n) is 7.40. The van der Waals surface area contributed by atoms with Crippen molar-refractivity contribution in [2.45, 2.75) is 96.8 Å². The molecular weight excluding hydrogens is 348 g/mol. The van der Waals surface area contributed by atoms with Gasteiger partial charge in [-0.15, -0.1) is 0 Å². The standard InChI is InChI=1S/C20H42N2O3S/c1-2-3-4-5-6-7-8-9-10-11-12-13-14-15-16-22-17-18-26(24,25)19-20(21)23/h22H,2-19H2,1H3,(H2,21,23). The number of sulfone groups is 1. The van der Waals surface area contributed by atoms with Gasteiger partial charge in [0.25, 0.3) is 0 Å². The molecule has 26 heavy (non-hydrogen) atoms. The molecule has 0 aliphatic heterocycles. The van der Waals surface area contributed by atoms with Crippen LogP contribution >= 0.6 is 0 Å². The second kappa shape index (κ2) is 17.8. The monoisotopic (exact) mass is 390 g/mol. The van der Waals surface area contributed by atoms with E-state index in [1.807, 2.05) is 0 Å².